The number of carboxylic acids is 1. The molecular weight excluding hydrogens is 296 g/mol. The SMILES string of the molecule is COc1ccc2[nH]c3c(c2c1)CCN1OCCC[C@@H](C(=O)O)[C@@H]31. The molecule has 1 aromatic heterocycles. The largest absolute Gasteiger partial charge is 0.497 e. The lowest BCUT2D eigenvalue weighted by Crippen LogP contribution is -2.40. The third-order valence-electron chi connectivity index (χ3n) is 4.95. The van der Waals surface area contributed by atoms with Gasteiger partial charge in [0, 0.05) is 23.1 Å². The van der Waals surface area contributed by atoms with Crippen LogP contribution in [-0.2, 0) is 16.1 Å². The molecule has 122 valence electrons. The Morgan fingerprint density at radius 1 is 1.48 bits per heavy atom. The predicted molar refractivity (Wildman–Crippen MR) is 84.3 cm³/mol. The molecule has 2 aliphatic rings. The normalized spacial score (nSPS) is 24.7. The summed E-state index contributed by atoms with van der Waals surface area (Å²) in [5.41, 5.74) is 3.19. The molecule has 1 fully saturated rings. The Kier molecular flexibility index (Phi) is 3.50. The molecule has 2 N–H and O–H groups in total. The summed E-state index contributed by atoms with van der Waals surface area (Å²) >= 11 is 0. The predicted octanol–water partition coefficient (Wildman–Crippen LogP) is 2.50. The average molecular weight is 316 g/mol. The zero-order valence-electron chi connectivity index (χ0n) is 13.0. The van der Waals surface area contributed by atoms with Crippen LogP contribution in [-0.4, -0.2) is 41.4 Å². The van der Waals surface area contributed by atoms with Crippen molar-refractivity contribution in [3.63, 3.8) is 0 Å². The fourth-order valence-electron chi connectivity index (χ4n) is 3.85. The van der Waals surface area contributed by atoms with Crippen LogP contribution in [0.1, 0.15) is 30.1 Å². The highest BCUT2D eigenvalue weighted by atomic mass is 16.7. The zero-order chi connectivity index (χ0) is 16.0. The first kappa shape index (κ1) is 14.5. The number of hydroxylamine groups is 2. The van der Waals surface area contributed by atoms with Crippen LogP contribution in [0.15, 0.2) is 18.2 Å². The summed E-state index contributed by atoms with van der Waals surface area (Å²) in [6.45, 7) is 1.30. The van der Waals surface area contributed by atoms with Crippen molar-refractivity contribution in [3.05, 3.63) is 29.5 Å². The lowest BCUT2D eigenvalue weighted by atomic mass is 9.87. The number of hydrogen-bond acceptors (Lipinski definition) is 4. The fourth-order valence-corrected chi connectivity index (χ4v) is 3.85. The van der Waals surface area contributed by atoms with Gasteiger partial charge in [0.25, 0.3) is 0 Å². The van der Waals surface area contributed by atoms with E-state index in [1.165, 1.54) is 5.56 Å². The van der Waals surface area contributed by atoms with Crippen LogP contribution in [0.25, 0.3) is 10.9 Å². The molecular formula is C17H20N2O4. The molecule has 6 nitrogen and oxygen atoms in total. The van der Waals surface area contributed by atoms with Gasteiger partial charge in [-0.15, -0.1) is 0 Å². The number of aliphatic carboxylic acids is 1. The fraction of sp³-hybridized carbons (Fsp3) is 0.471. The molecule has 3 heterocycles. The number of fused-ring (bicyclic) bond motifs is 5. The van der Waals surface area contributed by atoms with Gasteiger partial charge in [-0.2, -0.15) is 5.06 Å². The van der Waals surface area contributed by atoms with Gasteiger partial charge in [-0.05, 0) is 43.0 Å². The first-order valence-electron chi connectivity index (χ1n) is 8.00. The number of ether oxygens (including phenoxy) is 1. The minimum atomic E-state index is -0.755. The molecule has 1 saturated heterocycles. The van der Waals surface area contributed by atoms with Crippen LogP contribution in [0.3, 0.4) is 0 Å². The van der Waals surface area contributed by atoms with Crippen molar-refractivity contribution >= 4 is 16.9 Å². The molecule has 0 unspecified atom stereocenters. The third-order valence-corrected chi connectivity index (χ3v) is 4.95. The Bertz CT molecular complexity index is 754. The summed E-state index contributed by atoms with van der Waals surface area (Å²) < 4.78 is 5.33. The van der Waals surface area contributed by atoms with E-state index in [1.54, 1.807) is 7.11 Å². The van der Waals surface area contributed by atoms with Gasteiger partial charge >= 0.3 is 5.97 Å². The van der Waals surface area contributed by atoms with E-state index in [2.05, 4.69) is 4.98 Å². The maximum Gasteiger partial charge on any atom is 0.308 e. The highest BCUT2D eigenvalue weighted by Crippen LogP contribution is 2.42. The Labute approximate surface area is 133 Å². The van der Waals surface area contributed by atoms with Crippen molar-refractivity contribution in [2.24, 2.45) is 5.92 Å². The van der Waals surface area contributed by atoms with Crippen molar-refractivity contribution in [2.75, 3.05) is 20.3 Å². The number of nitrogens with zero attached hydrogens (tertiary/aromatic N) is 1. The second-order valence-corrected chi connectivity index (χ2v) is 6.18. The molecule has 1 aromatic carbocycles. The maximum atomic E-state index is 11.8. The maximum absolute atomic E-state index is 11.8. The Hall–Kier alpha value is -2.05. The Morgan fingerprint density at radius 3 is 3.13 bits per heavy atom. The van der Waals surface area contributed by atoms with E-state index in [-0.39, 0.29) is 6.04 Å². The van der Waals surface area contributed by atoms with Gasteiger partial charge < -0.3 is 14.8 Å². The van der Waals surface area contributed by atoms with Crippen molar-refractivity contribution in [1.29, 1.82) is 0 Å². The summed E-state index contributed by atoms with van der Waals surface area (Å²) in [7, 11) is 1.65. The monoisotopic (exact) mass is 316 g/mol. The number of rotatable bonds is 2. The van der Waals surface area contributed by atoms with E-state index in [0.717, 1.165) is 35.2 Å². The Morgan fingerprint density at radius 2 is 2.35 bits per heavy atom. The van der Waals surface area contributed by atoms with Crippen LogP contribution in [0.5, 0.6) is 5.75 Å². The molecule has 2 atom stereocenters. The van der Waals surface area contributed by atoms with Crippen molar-refractivity contribution < 1.29 is 19.5 Å². The standard InChI is InChI=1S/C17H20N2O4/c1-22-10-4-5-14-13(9-10)11-6-7-19-16(15(11)18-14)12(17(20)21)3-2-8-23-19/h4-5,9,12,16,18H,2-3,6-8H2,1H3,(H,20,21)/t12-,16+/m1/s1. The Balaban J connectivity index is 1.86. The molecule has 23 heavy (non-hydrogen) atoms. The van der Waals surface area contributed by atoms with Crippen molar-refractivity contribution in [2.45, 2.75) is 25.3 Å². The minimum Gasteiger partial charge on any atom is -0.497 e. The van der Waals surface area contributed by atoms with Crippen LogP contribution >= 0.6 is 0 Å². The molecule has 2 aromatic rings. The van der Waals surface area contributed by atoms with Crippen LogP contribution in [0.4, 0.5) is 0 Å². The van der Waals surface area contributed by atoms with Gasteiger partial charge in [0.1, 0.15) is 5.75 Å². The van der Waals surface area contributed by atoms with E-state index in [4.69, 9.17) is 9.57 Å². The van der Waals surface area contributed by atoms with Gasteiger partial charge in [0.05, 0.1) is 25.7 Å². The van der Waals surface area contributed by atoms with Crippen LogP contribution in [0, 0.1) is 5.92 Å². The molecule has 0 bridgehead atoms. The highest BCUT2D eigenvalue weighted by molar-refractivity contribution is 5.87. The lowest BCUT2D eigenvalue weighted by molar-refractivity contribution is -0.196. The average Bonchev–Trinajstić information content (AvgIpc) is 2.77. The first-order valence-corrected chi connectivity index (χ1v) is 8.00. The topological polar surface area (TPSA) is 74.8 Å². The molecule has 6 heteroatoms. The smallest absolute Gasteiger partial charge is 0.308 e. The molecule has 0 aliphatic carbocycles. The van der Waals surface area contributed by atoms with E-state index >= 15 is 0 Å². The zero-order valence-corrected chi connectivity index (χ0v) is 13.0. The number of carboxylic acid groups (broad SMARTS) is 1. The number of H-pyrrole nitrogens is 1. The third kappa shape index (κ3) is 2.29. The minimum absolute atomic E-state index is 0.253. The number of aromatic nitrogens is 1. The summed E-state index contributed by atoms with van der Waals surface area (Å²) in [4.78, 5) is 21.0. The van der Waals surface area contributed by atoms with E-state index in [0.29, 0.717) is 19.6 Å². The first-order chi connectivity index (χ1) is 11.2. The second kappa shape index (κ2) is 5.54. The molecule has 0 saturated carbocycles. The number of methoxy groups -OCH3 is 1. The van der Waals surface area contributed by atoms with Gasteiger partial charge in [0.2, 0.25) is 0 Å². The molecule has 0 radical (unpaired) electrons. The van der Waals surface area contributed by atoms with Crippen LogP contribution < -0.4 is 4.74 Å². The van der Waals surface area contributed by atoms with Gasteiger partial charge in [-0.1, -0.05) is 0 Å². The molecule has 0 spiro atoms. The van der Waals surface area contributed by atoms with Crippen molar-refractivity contribution in [3.8, 4) is 5.75 Å². The van der Waals surface area contributed by atoms with Gasteiger partial charge in [-0.25, -0.2) is 0 Å². The molecule has 0 amide bonds. The van der Waals surface area contributed by atoms with E-state index < -0.39 is 11.9 Å². The summed E-state index contributed by atoms with van der Waals surface area (Å²) in [6.07, 6.45) is 2.24. The second-order valence-electron chi connectivity index (χ2n) is 6.18. The van der Waals surface area contributed by atoms with E-state index in [9.17, 15) is 9.90 Å². The van der Waals surface area contributed by atoms with Crippen molar-refractivity contribution in [1.82, 2.24) is 10.0 Å². The number of aromatic amines is 1. The lowest BCUT2D eigenvalue weighted by Gasteiger charge is -2.35. The van der Waals surface area contributed by atoms with Gasteiger partial charge in [-0.3, -0.25) is 9.63 Å². The summed E-state index contributed by atoms with van der Waals surface area (Å²) in [6, 6.07) is 5.68. The number of benzene rings is 1. The van der Waals surface area contributed by atoms with Gasteiger partial charge in [0.15, 0.2) is 0 Å². The molecule has 4 rings (SSSR count). The number of hydrogen-bond donors (Lipinski definition) is 2. The number of nitrogens with one attached hydrogen (secondary N) is 1. The summed E-state index contributed by atoms with van der Waals surface area (Å²) in [5.74, 6) is -0.394. The summed E-state index contributed by atoms with van der Waals surface area (Å²) in [5, 5.41) is 12.6. The molecule has 2 aliphatic heterocycles. The van der Waals surface area contributed by atoms with E-state index in [1.807, 2.05) is 23.3 Å². The quantitative estimate of drug-likeness (QED) is 0.890. The number of carbonyl (C=O) groups is 1. The van der Waals surface area contributed by atoms with Crippen LogP contribution in [0.2, 0.25) is 0 Å². The highest BCUT2D eigenvalue weighted by Gasteiger charge is 2.41.